The summed E-state index contributed by atoms with van der Waals surface area (Å²) in [4.78, 5) is 0. The van der Waals surface area contributed by atoms with Crippen LogP contribution in [0.1, 0.15) is 74.3 Å². The van der Waals surface area contributed by atoms with Gasteiger partial charge in [-0.25, -0.2) is 0 Å². The molecule has 30 heavy (non-hydrogen) atoms. The smallest absolute Gasteiger partial charge is 0.0490 e. The third kappa shape index (κ3) is 5.45. The van der Waals surface area contributed by atoms with Crippen LogP contribution >= 0.6 is 0 Å². The van der Waals surface area contributed by atoms with Gasteiger partial charge >= 0.3 is 0 Å². The van der Waals surface area contributed by atoms with Crippen LogP contribution in [0.15, 0.2) is 48.5 Å². The van der Waals surface area contributed by atoms with Crippen molar-refractivity contribution in [3.63, 3.8) is 0 Å². The van der Waals surface area contributed by atoms with Crippen molar-refractivity contribution < 1.29 is 4.74 Å². The van der Waals surface area contributed by atoms with Crippen molar-refractivity contribution in [2.24, 2.45) is 11.8 Å². The number of rotatable bonds is 7. The van der Waals surface area contributed by atoms with Gasteiger partial charge in [0, 0.05) is 23.2 Å². The maximum atomic E-state index is 5.35. The Labute approximate surface area is 186 Å². The minimum absolute atomic E-state index is 0.235. The summed E-state index contributed by atoms with van der Waals surface area (Å²) in [5.74, 6) is 3.35. The first-order chi connectivity index (χ1) is 14.8. The summed E-state index contributed by atoms with van der Waals surface area (Å²) in [5, 5.41) is 0. The van der Waals surface area contributed by atoms with Gasteiger partial charge in [-0.2, -0.15) is 0 Å². The van der Waals surface area contributed by atoms with Crippen LogP contribution in [-0.2, 0) is 4.74 Å². The molecule has 0 spiro atoms. The largest absolute Gasteiger partial charge is 0.384 e. The molecule has 4 rings (SSSR count). The van der Waals surface area contributed by atoms with Crippen LogP contribution in [0.2, 0.25) is 12.6 Å². The summed E-state index contributed by atoms with van der Waals surface area (Å²) < 4.78 is 5.35. The lowest BCUT2D eigenvalue weighted by Crippen LogP contribution is -2.17. The highest BCUT2D eigenvalue weighted by atomic mass is 28.2. The van der Waals surface area contributed by atoms with Crippen LogP contribution in [0, 0.1) is 11.8 Å². The van der Waals surface area contributed by atoms with Crippen LogP contribution < -0.4 is 0 Å². The van der Waals surface area contributed by atoms with Gasteiger partial charge in [-0.15, -0.1) is 0 Å². The Hall–Kier alpha value is -1.38. The zero-order chi connectivity index (χ0) is 20.8. The lowest BCUT2D eigenvalue weighted by atomic mass is 9.78. The normalized spacial score (nSPS) is 27.5. The molecule has 0 aromatic heterocycles. The van der Waals surface area contributed by atoms with Crippen molar-refractivity contribution in [1.82, 2.24) is 0 Å². The van der Waals surface area contributed by atoms with E-state index in [2.05, 4.69) is 55.1 Å². The van der Waals surface area contributed by atoms with Crippen molar-refractivity contribution in [2.45, 2.75) is 75.8 Å². The van der Waals surface area contributed by atoms with Gasteiger partial charge in [0.05, 0.1) is 0 Å². The number of ether oxygens (including phenoxy) is 1. The summed E-state index contributed by atoms with van der Waals surface area (Å²) >= 11 is 0. The highest BCUT2D eigenvalue weighted by Gasteiger charge is 2.23. The predicted octanol–water partition coefficient (Wildman–Crippen LogP) is 7.18. The summed E-state index contributed by atoms with van der Waals surface area (Å²) in [6.07, 6.45) is 11.0. The Balaban J connectivity index is 1.33. The first-order valence-corrected chi connectivity index (χ1v) is 14.9. The minimum Gasteiger partial charge on any atom is -0.384 e. The highest BCUT2D eigenvalue weighted by Crippen LogP contribution is 2.39. The van der Waals surface area contributed by atoms with E-state index in [1.54, 1.807) is 11.6 Å². The van der Waals surface area contributed by atoms with E-state index in [0.29, 0.717) is 0 Å². The van der Waals surface area contributed by atoms with Gasteiger partial charge in [-0.05, 0) is 84.5 Å². The molecule has 2 fully saturated rings. The summed E-state index contributed by atoms with van der Waals surface area (Å²) in [5.41, 5.74) is 5.81. The maximum Gasteiger partial charge on any atom is 0.0490 e. The van der Waals surface area contributed by atoms with Gasteiger partial charge < -0.3 is 4.74 Å². The van der Waals surface area contributed by atoms with E-state index in [4.69, 9.17) is 4.74 Å². The molecule has 0 bridgehead atoms. The number of methoxy groups -OCH3 is 1. The van der Waals surface area contributed by atoms with E-state index in [1.807, 2.05) is 7.11 Å². The fourth-order valence-electron chi connectivity index (χ4n) is 5.99. The molecule has 162 valence electrons. The fraction of sp³-hybridized carbons (Fsp3) is 0.571. The van der Waals surface area contributed by atoms with Gasteiger partial charge in [0.25, 0.3) is 0 Å². The predicted molar refractivity (Wildman–Crippen MR) is 132 cm³/mol. The zero-order valence-electron chi connectivity index (χ0n) is 19.1. The molecule has 2 heteroatoms. The van der Waals surface area contributed by atoms with Gasteiger partial charge in [0.1, 0.15) is 0 Å². The minimum atomic E-state index is 0.235. The molecule has 0 atom stereocenters. The van der Waals surface area contributed by atoms with E-state index in [-0.39, 0.29) is 9.52 Å². The van der Waals surface area contributed by atoms with Crippen LogP contribution in [0.5, 0.6) is 0 Å². The molecular weight excluding hydrogens is 380 g/mol. The summed E-state index contributed by atoms with van der Waals surface area (Å²) in [6, 6.07) is 20.5. The summed E-state index contributed by atoms with van der Waals surface area (Å²) in [7, 11) is 2.06. The van der Waals surface area contributed by atoms with Crippen LogP contribution in [0.25, 0.3) is 11.1 Å². The average molecular weight is 421 g/mol. The molecule has 2 aromatic carbocycles. The SMILES string of the molecule is COCC1CCC(c2ccc(-c3ccc(C4CCC(C[SiH2]C)CC4)cc3)cc2)CC1. The van der Waals surface area contributed by atoms with Crippen molar-refractivity contribution in [1.29, 1.82) is 0 Å². The second-order valence-electron chi connectivity index (χ2n) is 9.92. The lowest BCUT2D eigenvalue weighted by molar-refractivity contribution is 0.127. The topological polar surface area (TPSA) is 9.23 Å². The molecule has 1 nitrogen and oxygen atoms in total. The average Bonchev–Trinajstić information content (AvgIpc) is 2.81. The van der Waals surface area contributed by atoms with Gasteiger partial charge in [-0.3, -0.25) is 0 Å². The molecule has 2 aliphatic rings. The lowest BCUT2D eigenvalue weighted by Gasteiger charge is -2.29. The van der Waals surface area contributed by atoms with Crippen molar-refractivity contribution >= 4 is 9.52 Å². The molecule has 0 aliphatic heterocycles. The molecule has 0 saturated heterocycles. The van der Waals surface area contributed by atoms with Gasteiger partial charge in [0.15, 0.2) is 0 Å². The molecule has 0 amide bonds. The number of hydrogen-bond donors (Lipinski definition) is 0. The van der Waals surface area contributed by atoms with Gasteiger partial charge in [-0.1, -0.05) is 74.0 Å². The van der Waals surface area contributed by atoms with Crippen molar-refractivity contribution in [2.75, 3.05) is 13.7 Å². The van der Waals surface area contributed by atoms with Crippen LogP contribution in [-0.4, -0.2) is 23.2 Å². The van der Waals surface area contributed by atoms with E-state index in [0.717, 1.165) is 30.3 Å². The molecule has 2 saturated carbocycles. The van der Waals surface area contributed by atoms with Crippen LogP contribution in [0.3, 0.4) is 0 Å². The van der Waals surface area contributed by atoms with E-state index in [1.165, 1.54) is 68.1 Å². The highest BCUT2D eigenvalue weighted by molar-refractivity contribution is 6.33. The standard InChI is InChI=1S/C28H40OSi/c1-29-19-21-3-7-23(8-4-21)25-11-15-27(16-12-25)28-17-13-26(14-18-28)24-9-5-22(6-10-24)20-30-2/h11-18,21-24H,3-10,19-20,30H2,1-2H3. The Kier molecular flexibility index (Phi) is 7.84. The third-order valence-electron chi connectivity index (χ3n) is 7.89. The molecule has 2 aromatic rings. The van der Waals surface area contributed by atoms with Crippen molar-refractivity contribution in [3.8, 4) is 11.1 Å². The van der Waals surface area contributed by atoms with E-state index in [9.17, 15) is 0 Å². The second-order valence-corrected chi connectivity index (χ2v) is 11.5. The van der Waals surface area contributed by atoms with Gasteiger partial charge in [0.2, 0.25) is 0 Å². The Morgan fingerprint density at radius 3 is 1.50 bits per heavy atom. The monoisotopic (exact) mass is 420 g/mol. The van der Waals surface area contributed by atoms with Crippen LogP contribution in [0.4, 0.5) is 0 Å². The Morgan fingerprint density at radius 2 is 1.10 bits per heavy atom. The molecule has 0 unspecified atom stereocenters. The second kappa shape index (κ2) is 10.8. The molecule has 0 N–H and O–H groups in total. The first-order valence-electron chi connectivity index (χ1n) is 12.5. The number of hydrogen-bond acceptors (Lipinski definition) is 1. The first kappa shape index (κ1) is 21.8. The molecule has 0 heterocycles. The number of benzene rings is 2. The van der Waals surface area contributed by atoms with E-state index < -0.39 is 0 Å². The third-order valence-corrected chi connectivity index (χ3v) is 9.28. The molecular formula is C28H40OSi. The zero-order valence-corrected chi connectivity index (χ0v) is 20.5. The fourth-order valence-corrected chi connectivity index (χ4v) is 7.38. The molecule has 0 radical (unpaired) electrons. The maximum absolute atomic E-state index is 5.35. The Morgan fingerprint density at radius 1 is 0.667 bits per heavy atom. The molecule has 2 aliphatic carbocycles. The summed E-state index contributed by atoms with van der Waals surface area (Å²) in [6.45, 7) is 3.40. The Bertz CT molecular complexity index is 683. The quantitative estimate of drug-likeness (QED) is 0.431. The van der Waals surface area contributed by atoms with Crippen molar-refractivity contribution in [3.05, 3.63) is 59.7 Å². The van der Waals surface area contributed by atoms with E-state index >= 15 is 0 Å².